The van der Waals surface area contributed by atoms with Crippen molar-refractivity contribution in [3.63, 3.8) is 0 Å². The van der Waals surface area contributed by atoms with Gasteiger partial charge in [-0.1, -0.05) is 18.2 Å². The van der Waals surface area contributed by atoms with Crippen molar-refractivity contribution in [3.8, 4) is 0 Å². The molecule has 0 atom stereocenters. The van der Waals surface area contributed by atoms with E-state index < -0.39 is 0 Å². The summed E-state index contributed by atoms with van der Waals surface area (Å²) in [5.74, 6) is 0. The molecule has 2 aromatic rings. The summed E-state index contributed by atoms with van der Waals surface area (Å²) in [6.07, 6.45) is 3.34. The van der Waals surface area contributed by atoms with Crippen LogP contribution in [0.3, 0.4) is 0 Å². The Hall–Kier alpha value is -1.64. The average molecular weight is 145 g/mol. The lowest BCUT2D eigenvalue weighted by atomic mass is 10.3. The van der Waals surface area contributed by atoms with Gasteiger partial charge in [-0.2, -0.15) is 9.78 Å². The molecule has 0 unspecified atom stereocenters. The Kier molecular flexibility index (Phi) is 1.22. The van der Waals surface area contributed by atoms with Crippen molar-refractivity contribution < 1.29 is 4.79 Å². The highest BCUT2D eigenvalue weighted by atomic mass is 16.1. The van der Waals surface area contributed by atoms with Crippen LogP contribution in [0.25, 0.3) is 10.9 Å². The topological polar surface area (TPSA) is 34.9 Å². The Labute approximate surface area is 63.2 Å². The van der Waals surface area contributed by atoms with Gasteiger partial charge in [0.2, 0.25) is 0 Å². The third-order valence-corrected chi connectivity index (χ3v) is 1.56. The van der Waals surface area contributed by atoms with Gasteiger partial charge in [0.1, 0.15) is 0 Å². The van der Waals surface area contributed by atoms with Crippen molar-refractivity contribution in [2.75, 3.05) is 0 Å². The molecule has 3 heteroatoms. The fraction of sp³-hybridized carbons (Fsp3) is 0. The highest BCUT2D eigenvalue weighted by Gasteiger charge is 1.98. The third-order valence-electron chi connectivity index (χ3n) is 1.56. The van der Waals surface area contributed by atoms with Gasteiger partial charge in [0.25, 0.3) is 0 Å². The van der Waals surface area contributed by atoms with Gasteiger partial charge >= 0.3 is 6.41 Å². The van der Waals surface area contributed by atoms with Crippen LogP contribution in [-0.4, -0.2) is 16.2 Å². The molecular weight excluding hydrogens is 140 g/mol. The largest absolute Gasteiger partial charge is 0.339 e. The second-order valence-electron chi connectivity index (χ2n) is 2.21. The van der Waals surface area contributed by atoms with E-state index in [-0.39, 0.29) is 0 Å². The molecule has 0 aliphatic heterocycles. The summed E-state index contributed by atoms with van der Waals surface area (Å²) < 4.78 is 1.19. The zero-order valence-corrected chi connectivity index (χ0v) is 5.69. The molecule has 11 heavy (non-hydrogen) atoms. The van der Waals surface area contributed by atoms with Gasteiger partial charge in [-0.05, 0) is 6.07 Å². The normalized spacial score (nSPS) is 10.2. The molecular formula is C8H5N2O. The summed E-state index contributed by atoms with van der Waals surface area (Å²) in [5, 5.41) is 4.76. The summed E-state index contributed by atoms with van der Waals surface area (Å²) in [6.45, 7) is 0. The van der Waals surface area contributed by atoms with Crippen LogP contribution in [0.15, 0.2) is 30.5 Å². The molecule has 0 saturated heterocycles. The molecule has 0 aliphatic carbocycles. The minimum atomic E-state index is 0.794. The predicted molar refractivity (Wildman–Crippen MR) is 40.8 cm³/mol. The van der Waals surface area contributed by atoms with Crippen LogP contribution in [0, 0.1) is 0 Å². The molecule has 1 radical (unpaired) electrons. The first-order chi connectivity index (χ1) is 5.42. The van der Waals surface area contributed by atoms with Gasteiger partial charge < -0.3 is 0 Å². The van der Waals surface area contributed by atoms with E-state index in [0.717, 1.165) is 10.9 Å². The van der Waals surface area contributed by atoms with Crippen LogP contribution in [0.2, 0.25) is 0 Å². The van der Waals surface area contributed by atoms with Crippen LogP contribution < -0.4 is 0 Å². The van der Waals surface area contributed by atoms with E-state index in [1.54, 1.807) is 12.6 Å². The average Bonchev–Trinajstić information content (AvgIpc) is 2.47. The lowest BCUT2D eigenvalue weighted by molar-refractivity contribution is 0.542. The highest BCUT2D eigenvalue weighted by Crippen LogP contribution is 2.10. The predicted octanol–water partition coefficient (Wildman–Crippen LogP) is 0.952. The molecule has 2 rings (SSSR count). The van der Waals surface area contributed by atoms with E-state index in [2.05, 4.69) is 5.10 Å². The van der Waals surface area contributed by atoms with Crippen LogP contribution in [0.5, 0.6) is 0 Å². The Balaban J connectivity index is 2.86. The van der Waals surface area contributed by atoms with Crippen molar-refractivity contribution in [2.24, 2.45) is 0 Å². The minimum Gasteiger partial charge on any atom is -0.261 e. The van der Waals surface area contributed by atoms with Crippen molar-refractivity contribution in [1.29, 1.82) is 0 Å². The Morgan fingerprint density at radius 1 is 1.36 bits per heavy atom. The number of fused-ring (bicyclic) bond motifs is 1. The molecule has 0 bridgehead atoms. The van der Waals surface area contributed by atoms with Crippen molar-refractivity contribution in [3.05, 3.63) is 30.5 Å². The lowest BCUT2D eigenvalue weighted by Gasteiger charge is -1.87. The standard InChI is InChI=1S/C8H5N2O/c11-6-10-8-4-2-1-3-7(8)5-9-10/h1-5H. The molecule has 0 spiro atoms. The lowest BCUT2D eigenvalue weighted by Crippen LogP contribution is -1.94. The SMILES string of the molecule is O=[C]n1ncc2ccccc21. The zero-order valence-electron chi connectivity index (χ0n) is 5.69. The first-order valence-corrected chi connectivity index (χ1v) is 3.23. The van der Waals surface area contributed by atoms with E-state index in [1.165, 1.54) is 4.68 Å². The fourth-order valence-electron chi connectivity index (χ4n) is 1.04. The Bertz CT molecular complexity index is 392. The molecule has 1 heterocycles. The maximum atomic E-state index is 10.3. The molecule has 0 fully saturated rings. The van der Waals surface area contributed by atoms with Crippen molar-refractivity contribution in [1.82, 2.24) is 9.78 Å². The number of aromatic nitrogens is 2. The van der Waals surface area contributed by atoms with E-state index in [1.807, 2.05) is 24.3 Å². The van der Waals surface area contributed by atoms with E-state index in [0.29, 0.717) is 0 Å². The maximum Gasteiger partial charge on any atom is 0.339 e. The van der Waals surface area contributed by atoms with E-state index >= 15 is 0 Å². The summed E-state index contributed by atoms with van der Waals surface area (Å²) in [4.78, 5) is 10.3. The van der Waals surface area contributed by atoms with Crippen LogP contribution in [0.1, 0.15) is 0 Å². The Morgan fingerprint density at radius 2 is 2.18 bits per heavy atom. The quantitative estimate of drug-likeness (QED) is 0.598. The number of para-hydroxylation sites is 1. The molecule has 0 amide bonds. The van der Waals surface area contributed by atoms with Gasteiger partial charge in [-0.15, -0.1) is 0 Å². The Morgan fingerprint density at radius 3 is 3.00 bits per heavy atom. The fourth-order valence-corrected chi connectivity index (χ4v) is 1.04. The van der Waals surface area contributed by atoms with E-state index in [9.17, 15) is 4.79 Å². The summed E-state index contributed by atoms with van der Waals surface area (Å²) in [5.41, 5.74) is 0.794. The van der Waals surface area contributed by atoms with Crippen LogP contribution in [-0.2, 0) is 4.79 Å². The van der Waals surface area contributed by atoms with Gasteiger partial charge in [-0.3, -0.25) is 4.79 Å². The van der Waals surface area contributed by atoms with Gasteiger partial charge in [0.15, 0.2) is 0 Å². The molecule has 3 nitrogen and oxygen atoms in total. The zero-order chi connectivity index (χ0) is 7.68. The molecule has 0 aliphatic rings. The monoisotopic (exact) mass is 145 g/mol. The molecule has 1 aromatic heterocycles. The van der Waals surface area contributed by atoms with Crippen molar-refractivity contribution in [2.45, 2.75) is 0 Å². The third kappa shape index (κ3) is 0.816. The number of hydrogen-bond acceptors (Lipinski definition) is 2. The van der Waals surface area contributed by atoms with Crippen molar-refractivity contribution >= 4 is 17.3 Å². The number of rotatable bonds is 1. The number of hydrogen-bond donors (Lipinski definition) is 0. The molecule has 0 saturated carbocycles. The molecule has 1 aromatic carbocycles. The first kappa shape index (κ1) is 6.09. The molecule has 0 N–H and O–H groups in total. The summed E-state index contributed by atoms with van der Waals surface area (Å²) in [7, 11) is 0. The number of nitrogens with zero attached hydrogens (tertiary/aromatic N) is 2. The minimum absolute atomic E-state index is 0.794. The molecule has 53 valence electrons. The first-order valence-electron chi connectivity index (χ1n) is 3.23. The maximum absolute atomic E-state index is 10.3. The number of carbonyl (C=O) groups excluding carboxylic acids is 1. The van der Waals surface area contributed by atoms with Gasteiger partial charge in [-0.25, -0.2) is 0 Å². The smallest absolute Gasteiger partial charge is 0.261 e. The van der Waals surface area contributed by atoms with E-state index in [4.69, 9.17) is 0 Å². The van der Waals surface area contributed by atoms with Crippen LogP contribution >= 0.6 is 0 Å². The number of benzene rings is 1. The second kappa shape index (κ2) is 2.20. The van der Waals surface area contributed by atoms with Gasteiger partial charge in [0, 0.05) is 5.39 Å². The van der Waals surface area contributed by atoms with Crippen LogP contribution in [0.4, 0.5) is 0 Å². The highest BCUT2D eigenvalue weighted by molar-refractivity contribution is 5.83. The summed E-state index contributed by atoms with van der Waals surface area (Å²) in [6, 6.07) is 7.49. The second-order valence-corrected chi connectivity index (χ2v) is 2.21. The summed E-state index contributed by atoms with van der Waals surface area (Å²) >= 11 is 0. The van der Waals surface area contributed by atoms with Gasteiger partial charge in [0.05, 0.1) is 11.7 Å².